The highest BCUT2D eigenvalue weighted by molar-refractivity contribution is 5.41. The molecule has 0 fully saturated rings. The molecule has 19 heavy (non-hydrogen) atoms. The molecule has 5 heteroatoms. The number of nitrogens with one attached hydrogen (secondary N) is 1. The summed E-state index contributed by atoms with van der Waals surface area (Å²) in [5, 5.41) is 2.95. The number of ether oxygens (including phenoxy) is 1. The van der Waals surface area contributed by atoms with Crippen LogP contribution in [0.2, 0.25) is 0 Å². The Balaban J connectivity index is 2.34. The van der Waals surface area contributed by atoms with Crippen LogP contribution in [0.1, 0.15) is 18.3 Å². The Kier molecular flexibility index (Phi) is 3.94. The van der Waals surface area contributed by atoms with E-state index in [1.54, 1.807) is 19.2 Å². The van der Waals surface area contributed by atoms with Crippen molar-refractivity contribution < 1.29 is 9.13 Å². The predicted octanol–water partition coefficient (Wildman–Crippen LogP) is 3.32. The summed E-state index contributed by atoms with van der Waals surface area (Å²) in [6, 6.07) is 6.11. The number of aromatic nitrogens is 2. The van der Waals surface area contributed by atoms with Gasteiger partial charge in [0.15, 0.2) is 0 Å². The molecule has 4 nitrogen and oxygen atoms in total. The number of hydrogen-bond acceptors (Lipinski definition) is 4. The topological polar surface area (TPSA) is 47.0 Å². The Morgan fingerprint density at radius 1 is 1.26 bits per heavy atom. The van der Waals surface area contributed by atoms with E-state index in [0.29, 0.717) is 29.7 Å². The minimum Gasteiger partial charge on any atom is -0.438 e. The second-order valence-corrected chi connectivity index (χ2v) is 4.12. The average molecular weight is 261 g/mol. The number of anilines is 1. The highest BCUT2D eigenvalue weighted by Crippen LogP contribution is 2.25. The van der Waals surface area contributed by atoms with Crippen molar-refractivity contribution in [2.45, 2.75) is 20.3 Å². The maximum absolute atomic E-state index is 13.2. The van der Waals surface area contributed by atoms with Crippen LogP contribution in [0.4, 0.5) is 10.2 Å². The van der Waals surface area contributed by atoms with E-state index in [4.69, 9.17) is 4.74 Å². The molecule has 100 valence electrons. The Morgan fingerprint density at radius 2 is 2.05 bits per heavy atom. The maximum Gasteiger partial charge on any atom is 0.224 e. The van der Waals surface area contributed by atoms with Gasteiger partial charge in [0.1, 0.15) is 23.2 Å². The number of benzene rings is 1. The molecular formula is C14H16FN3O. The molecular weight excluding hydrogens is 245 g/mol. The zero-order valence-corrected chi connectivity index (χ0v) is 11.2. The summed E-state index contributed by atoms with van der Waals surface area (Å²) in [4.78, 5) is 8.55. The molecule has 0 bridgehead atoms. The molecule has 0 aliphatic carbocycles. The fourth-order valence-corrected chi connectivity index (χ4v) is 1.61. The third-order valence-corrected chi connectivity index (χ3v) is 2.69. The van der Waals surface area contributed by atoms with Crippen LogP contribution in [0.3, 0.4) is 0 Å². The van der Waals surface area contributed by atoms with Gasteiger partial charge in [0, 0.05) is 25.6 Å². The summed E-state index contributed by atoms with van der Waals surface area (Å²) >= 11 is 0. The third-order valence-electron chi connectivity index (χ3n) is 2.69. The molecule has 1 aromatic heterocycles. The lowest BCUT2D eigenvalue weighted by molar-refractivity contribution is 0.451. The Labute approximate surface area is 111 Å². The highest BCUT2D eigenvalue weighted by atomic mass is 19.1. The fourth-order valence-electron chi connectivity index (χ4n) is 1.61. The van der Waals surface area contributed by atoms with Crippen LogP contribution in [-0.4, -0.2) is 17.0 Å². The number of rotatable bonds is 4. The lowest BCUT2D eigenvalue weighted by Crippen LogP contribution is -2.01. The van der Waals surface area contributed by atoms with Crippen molar-refractivity contribution in [3.05, 3.63) is 41.5 Å². The zero-order chi connectivity index (χ0) is 13.8. The molecule has 2 rings (SSSR count). The van der Waals surface area contributed by atoms with Gasteiger partial charge in [-0.2, -0.15) is 4.98 Å². The van der Waals surface area contributed by atoms with E-state index in [1.165, 1.54) is 12.1 Å². The lowest BCUT2D eigenvalue weighted by atomic mass is 10.2. The van der Waals surface area contributed by atoms with Crippen molar-refractivity contribution in [3.8, 4) is 11.6 Å². The molecule has 0 saturated heterocycles. The zero-order valence-electron chi connectivity index (χ0n) is 11.2. The van der Waals surface area contributed by atoms with Gasteiger partial charge in [0.05, 0.1) is 0 Å². The van der Waals surface area contributed by atoms with Crippen LogP contribution in [0, 0.1) is 12.7 Å². The fraction of sp³-hybridized carbons (Fsp3) is 0.286. The molecule has 2 aromatic rings. The number of aryl methyl sites for hydroxylation is 2. The van der Waals surface area contributed by atoms with Crippen LogP contribution < -0.4 is 10.1 Å². The molecule has 0 aliphatic rings. The van der Waals surface area contributed by atoms with Gasteiger partial charge in [-0.1, -0.05) is 13.0 Å². The second-order valence-electron chi connectivity index (χ2n) is 4.12. The SMILES string of the molecule is CCc1nc(NC)cc(Oc2cc(F)ccc2C)n1. The summed E-state index contributed by atoms with van der Waals surface area (Å²) < 4.78 is 18.9. The molecule has 1 heterocycles. The molecule has 0 aliphatic heterocycles. The molecule has 1 aromatic carbocycles. The molecule has 0 atom stereocenters. The maximum atomic E-state index is 13.2. The molecule has 0 spiro atoms. The van der Waals surface area contributed by atoms with E-state index >= 15 is 0 Å². The van der Waals surface area contributed by atoms with Crippen LogP contribution >= 0.6 is 0 Å². The monoisotopic (exact) mass is 261 g/mol. The van der Waals surface area contributed by atoms with Crippen molar-refractivity contribution >= 4 is 5.82 Å². The number of hydrogen-bond donors (Lipinski definition) is 1. The standard InChI is InChI=1S/C14H16FN3O/c1-4-12-17-13(16-3)8-14(18-12)19-11-7-10(15)6-5-9(11)2/h5-8H,4H2,1-3H3,(H,16,17,18). The van der Waals surface area contributed by atoms with E-state index in [0.717, 1.165) is 5.56 Å². The van der Waals surface area contributed by atoms with Crippen molar-refractivity contribution in [1.82, 2.24) is 9.97 Å². The van der Waals surface area contributed by atoms with Gasteiger partial charge < -0.3 is 10.1 Å². The largest absolute Gasteiger partial charge is 0.438 e. The molecule has 0 saturated carbocycles. The van der Waals surface area contributed by atoms with Crippen LogP contribution in [0.15, 0.2) is 24.3 Å². The van der Waals surface area contributed by atoms with Gasteiger partial charge in [0.2, 0.25) is 5.88 Å². The first-order valence-corrected chi connectivity index (χ1v) is 6.12. The van der Waals surface area contributed by atoms with Crippen LogP contribution in [0.25, 0.3) is 0 Å². The quantitative estimate of drug-likeness (QED) is 0.917. The van der Waals surface area contributed by atoms with Crippen molar-refractivity contribution in [3.63, 3.8) is 0 Å². The van der Waals surface area contributed by atoms with Gasteiger partial charge in [-0.05, 0) is 18.6 Å². The first-order valence-electron chi connectivity index (χ1n) is 6.12. The van der Waals surface area contributed by atoms with Crippen LogP contribution in [-0.2, 0) is 6.42 Å². The first kappa shape index (κ1) is 13.3. The summed E-state index contributed by atoms with van der Waals surface area (Å²) in [5.74, 6) is 1.89. The van der Waals surface area contributed by atoms with Crippen molar-refractivity contribution in [2.75, 3.05) is 12.4 Å². The summed E-state index contributed by atoms with van der Waals surface area (Å²) in [5.41, 5.74) is 0.851. The van der Waals surface area contributed by atoms with Gasteiger partial charge >= 0.3 is 0 Å². The smallest absolute Gasteiger partial charge is 0.224 e. The Hall–Kier alpha value is -2.17. The van der Waals surface area contributed by atoms with E-state index in [2.05, 4.69) is 15.3 Å². The van der Waals surface area contributed by atoms with Crippen molar-refractivity contribution in [1.29, 1.82) is 0 Å². The lowest BCUT2D eigenvalue weighted by Gasteiger charge is -2.10. The molecule has 0 unspecified atom stereocenters. The normalized spacial score (nSPS) is 10.3. The number of halogens is 1. The predicted molar refractivity (Wildman–Crippen MR) is 72.2 cm³/mol. The Bertz CT molecular complexity index is 565. The minimum atomic E-state index is -0.334. The molecule has 1 N–H and O–H groups in total. The first-order chi connectivity index (χ1) is 9.12. The molecule has 0 radical (unpaired) electrons. The van der Waals surface area contributed by atoms with E-state index in [1.807, 2.05) is 13.8 Å². The third kappa shape index (κ3) is 3.19. The Morgan fingerprint density at radius 3 is 2.74 bits per heavy atom. The summed E-state index contributed by atoms with van der Waals surface area (Å²) in [7, 11) is 1.78. The van der Waals surface area contributed by atoms with E-state index < -0.39 is 0 Å². The van der Waals surface area contributed by atoms with Gasteiger partial charge in [-0.15, -0.1) is 0 Å². The van der Waals surface area contributed by atoms with Gasteiger partial charge in [-0.3, -0.25) is 0 Å². The van der Waals surface area contributed by atoms with E-state index in [-0.39, 0.29) is 5.82 Å². The van der Waals surface area contributed by atoms with E-state index in [9.17, 15) is 4.39 Å². The van der Waals surface area contributed by atoms with Crippen molar-refractivity contribution in [2.24, 2.45) is 0 Å². The van der Waals surface area contributed by atoms with Gasteiger partial charge in [-0.25, -0.2) is 9.37 Å². The van der Waals surface area contributed by atoms with Gasteiger partial charge in [0.25, 0.3) is 0 Å². The summed E-state index contributed by atoms with van der Waals surface area (Å²) in [6.45, 7) is 3.82. The van der Waals surface area contributed by atoms with Crippen LogP contribution in [0.5, 0.6) is 11.6 Å². The second kappa shape index (κ2) is 5.65. The number of nitrogens with zero attached hydrogens (tertiary/aromatic N) is 2. The summed E-state index contributed by atoms with van der Waals surface area (Å²) in [6.07, 6.45) is 0.702. The highest BCUT2D eigenvalue weighted by Gasteiger charge is 2.07. The molecule has 0 amide bonds. The minimum absolute atomic E-state index is 0.334. The average Bonchev–Trinajstić information content (AvgIpc) is 2.42.